The zero-order valence-electron chi connectivity index (χ0n) is 10.7. The summed E-state index contributed by atoms with van der Waals surface area (Å²) in [7, 11) is 0. The maximum Gasteiger partial charge on any atom is 0.126 e. The number of ether oxygens (including phenoxy) is 1. The van der Waals surface area contributed by atoms with Crippen LogP contribution in [0, 0.1) is 12.7 Å². The van der Waals surface area contributed by atoms with Crippen LogP contribution < -0.4 is 10.1 Å². The molecule has 2 rings (SSSR count). The summed E-state index contributed by atoms with van der Waals surface area (Å²) >= 11 is 0. The molecule has 0 saturated heterocycles. The second-order valence-electron chi connectivity index (χ2n) is 4.87. The first-order valence-electron chi connectivity index (χ1n) is 6.45. The molecule has 1 aliphatic rings. The Morgan fingerprint density at radius 1 is 1.50 bits per heavy atom. The van der Waals surface area contributed by atoms with Crippen molar-refractivity contribution in [1.29, 1.82) is 0 Å². The van der Waals surface area contributed by atoms with E-state index in [1.54, 1.807) is 6.07 Å². The van der Waals surface area contributed by atoms with Gasteiger partial charge in [0.1, 0.15) is 11.6 Å². The van der Waals surface area contributed by atoms with E-state index in [9.17, 15) is 9.50 Å². The van der Waals surface area contributed by atoms with Gasteiger partial charge in [0.15, 0.2) is 0 Å². The molecule has 1 aromatic rings. The van der Waals surface area contributed by atoms with Crippen molar-refractivity contribution >= 4 is 0 Å². The fraction of sp³-hybridized carbons (Fsp3) is 0.571. The van der Waals surface area contributed by atoms with Crippen LogP contribution in [0.3, 0.4) is 0 Å². The van der Waals surface area contributed by atoms with Crippen molar-refractivity contribution in [3.8, 4) is 5.75 Å². The third-order valence-electron chi connectivity index (χ3n) is 3.14. The van der Waals surface area contributed by atoms with Crippen LogP contribution in [0.15, 0.2) is 18.2 Å². The average molecular weight is 253 g/mol. The van der Waals surface area contributed by atoms with E-state index < -0.39 is 0 Å². The first kappa shape index (κ1) is 13.3. The number of rotatable bonds is 7. The van der Waals surface area contributed by atoms with Crippen LogP contribution in [0.2, 0.25) is 0 Å². The standard InChI is InChI=1S/C14H20FNO2/c1-10-2-3-11(15)8-14(10)18-7-6-13(9-17)16-12-4-5-12/h2-3,8,12-13,16-17H,4-7,9H2,1H3. The molecule has 100 valence electrons. The van der Waals surface area contributed by atoms with E-state index in [2.05, 4.69) is 5.32 Å². The molecule has 0 radical (unpaired) electrons. The van der Waals surface area contributed by atoms with E-state index >= 15 is 0 Å². The number of aryl methyl sites for hydroxylation is 1. The maximum atomic E-state index is 13.0. The Hall–Kier alpha value is -1.13. The zero-order chi connectivity index (χ0) is 13.0. The molecule has 18 heavy (non-hydrogen) atoms. The molecule has 1 saturated carbocycles. The van der Waals surface area contributed by atoms with Gasteiger partial charge in [-0.1, -0.05) is 6.07 Å². The van der Waals surface area contributed by atoms with Crippen LogP contribution in [-0.2, 0) is 0 Å². The highest BCUT2D eigenvalue weighted by atomic mass is 19.1. The topological polar surface area (TPSA) is 41.5 Å². The van der Waals surface area contributed by atoms with Gasteiger partial charge in [-0.05, 0) is 37.8 Å². The van der Waals surface area contributed by atoms with Gasteiger partial charge in [-0.2, -0.15) is 0 Å². The molecule has 0 bridgehead atoms. The van der Waals surface area contributed by atoms with E-state index in [4.69, 9.17) is 4.74 Å². The molecule has 0 heterocycles. The van der Waals surface area contributed by atoms with Crippen LogP contribution in [0.1, 0.15) is 24.8 Å². The molecule has 0 aliphatic heterocycles. The van der Waals surface area contributed by atoms with E-state index in [1.807, 2.05) is 6.92 Å². The van der Waals surface area contributed by atoms with Crippen molar-refractivity contribution in [1.82, 2.24) is 5.32 Å². The molecule has 0 spiro atoms. The SMILES string of the molecule is Cc1ccc(F)cc1OCCC(CO)NC1CC1. The minimum Gasteiger partial charge on any atom is -0.493 e. The lowest BCUT2D eigenvalue weighted by molar-refractivity contribution is 0.207. The van der Waals surface area contributed by atoms with E-state index in [0.717, 1.165) is 12.0 Å². The molecule has 1 aliphatic carbocycles. The minimum absolute atomic E-state index is 0.0753. The molecule has 1 unspecified atom stereocenters. The summed E-state index contributed by atoms with van der Waals surface area (Å²) in [5.41, 5.74) is 0.923. The van der Waals surface area contributed by atoms with Gasteiger partial charge in [0.05, 0.1) is 13.2 Å². The highest BCUT2D eigenvalue weighted by Crippen LogP contribution is 2.21. The highest BCUT2D eigenvalue weighted by molar-refractivity contribution is 5.32. The van der Waals surface area contributed by atoms with Crippen LogP contribution >= 0.6 is 0 Å². The molecule has 1 fully saturated rings. The minimum atomic E-state index is -0.287. The second kappa shape index (κ2) is 6.16. The van der Waals surface area contributed by atoms with Crippen LogP contribution in [-0.4, -0.2) is 30.4 Å². The Bertz CT molecular complexity index is 393. The van der Waals surface area contributed by atoms with Gasteiger partial charge in [-0.15, -0.1) is 0 Å². The Morgan fingerprint density at radius 2 is 2.28 bits per heavy atom. The number of hydrogen-bond donors (Lipinski definition) is 2. The van der Waals surface area contributed by atoms with Gasteiger partial charge in [0.25, 0.3) is 0 Å². The number of benzene rings is 1. The molecule has 2 N–H and O–H groups in total. The summed E-state index contributed by atoms with van der Waals surface area (Å²) in [6.07, 6.45) is 3.11. The van der Waals surface area contributed by atoms with E-state index in [-0.39, 0.29) is 18.5 Å². The Labute approximate surface area is 107 Å². The Kier molecular flexibility index (Phi) is 4.55. The third kappa shape index (κ3) is 3.96. The van der Waals surface area contributed by atoms with Crippen molar-refractivity contribution in [2.24, 2.45) is 0 Å². The van der Waals surface area contributed by atoms with Crippen molar-refractivity contribution < 1.29 is 14.2 Å². The molecule has 1 atom stereocenters. The summed E-state index contributed by atoms with van der Waals surface area (Å²) in [5, 5.41) is 12.6. The predicted octanol–water partition coefficient (Wildman–Crippen LogP) is 2.02. The first-order valence-corrected chi connectivity index (χ1v) is 6.45. The first-order chi connectivity index (χ1) is 8.69. The van der Waals surface area contributed by atoms with Crippen LogP contribution in [0.25, 0.3) is 0 Å². The average Bonchev–Trinajstić information content (AvgIpc) is 3.16. The Morgan fingerprint density at radius 3 is 2.94 bits per heavy atom. The summed E-state index contributed by atoms with van der Waals surface area (Å²) in [5.74, 6) is 0.295. The lowest BCUT2D eigenvalue weighted by Crippen LogP contribution is -2.35. The smallest absolute Gasteiger partial charge is 0.126 e. The van der Waals surface area contributed by atoms with Gasteiger partial charge in [-0.3, -0.25) is 0 Å². The van der Waals surface area contributed by atoms with Gasteiger partial charge in [-0.25, -0.2) is 4.39 Å². The van der Waals surface area contributed by atoms with Crippen molar-refractivity contribution in [2.75, 3.05) is 13.2 Å². The lowest BCUT2D eigenvalue weighted by atomic mass is 10.2. The largest absolute Gasteiger partial charge is 0.493 e. The van der Waals surface area contributed by atoms with E-state index in [0.29, 0.717) is 18.4 Å². The van der Waals surface area contributed by atoms with E-state index in [1.165, 1.54) is 25.0 Å². The van der Waals surface area contributed by atoms with Gasteiger partial charge in [0.2, 0.25) is 0 Å². The molecule has 0 amide bonds. The number of halogens is 1. The fourth-order valence-corrected chi connectivity index (χ4v) is 1.85. The third-order valence-corrected chi connectivity index (χ3v) is 3.14. The molecule has 4 heteroatoms. The van der Waals surface area contributed by atoms with Crippen molar-refractivity contribution in [3.63, 3.8) is 0 Å². The zero-order valence-corrected chi connectivity index (χ0v) is 10.7. The molecule has 1 aromatic carbocycles. The summed E-state index contributed by atoms with van der Waals surface area (Å²) < 4.78 is 18.6. The lowest BCUT2D eigenvalue weighted by Gasteiger charge is -2.16. The predicted molar refractivity (Wildman–Crippen MR) is 68.3 cm³/mol. The molecular weight excluding hydrogens is 233 g/mol. The van der Waals surface area contributed by atoms with Crippen molar-refractivity contribution in [2.45, 2.75) is 38.3 Å². The van der Waals surface area contributed by atoms with Crippen LogP contribution in [0.5, 0.6) is 5.75 Å². The Balaban J connectivity index is 1.77. The fourth-order valence-electron chi connectivity index (χ4n) is 1.85. The monoisotopic (exact) mass is 253 g/mol. The summed E-state index contributed by atoms with van der Waals surface area (Å²) in [4.78, 5) is 0. The molecule has 3 nitrogen and oxygen atoms in total. The summed E-state index contributed by atoms with van der Waals surface area (Å²) in [6, 6.07) is 5.17. The second-order valence-corrected chi connectivity index (χ2v) is 4.87. The van der Waals surface area contributed by atoms with Gasteiger partial charge >= 0.3 is 0 Å². The number of nitrogens with one attached hydrogen (secondary N) is 1. The van der Waals surface area contributed by atoms with Gasteiger partial charge < -0.3 is 15.2 Å². The number of aliphatic hydroxyl groups is 1. The highest BCUT2D eigenvalue weighted by Gasteiger charge is 2.24. The number of aliphatic hydroxyl groups excluding tert-OH is 1. The normalized spacial score (nSPS) is 16.6. The number of hydrogen-bond acceptors (Lipinski definition) is 3. The summed E-state index contributed by atoms with van der Waals surface area (Å²) in [6.45, 7) is 2.48. The molecule has 0 aromatic heterocycles. The maximum absolute atomic E-state index is 13.0. The quantitative estimate of drug-likeness (QED) is 0.781. The van der Waals surface area contributed by atoms with Crippen LogP contribution in [0.4, 0.5) is 4.39 Å². The van der Waals surface area contributed by atoms with Gasteiger partial charge in [0, 0.05) is 18.2 Å². The molecular formula is C14H20FNO2. The van der Waals surface area contributed by atoms with Crippen molar-refractivity contribution in [3.05, 3.63) is 29.6 Å².